The van der Waals surface area contributed by atoms with Crippen molar-refractivity contribution in [1.82, 2.24) is 0 Å². The van der Waals surface area contributed by atoms with E-state index < -0.39 is 0 Å². The van der Waals surface area contributed by atoms with E-state index >= 15 is 0 Å². The molecule has 0 radical (unpaired) electrons. The third-order valence-electron chi connectivity index (χ3n) is 3.64. The van der Waals surface area contributed by atoms with Gasteiger partial charge in [0.05, 0.1) is 0 Å². The monoisotopic (exact) mass is 280 g/mol. The molecule has 1 aliphatic heterocycles. The fourth-order valence-electron chi connectivity index (χ4n) is 2.56. The summed E-state index contributed by atoms with van der Waals surface area (Å²) in [4.78, 5) is 24.0. The van der Waals surface area contributed by atoms with Gasteiger partial charge in [-0.05, 0) is 48.7 Å². The summed E-state index contributed by atoms with van der Waals surface area (Å²) in [6.07, 6.45) is 2.12. The average molecular weight is 280 g/mol. The van der Waals surface area contributed by atoms with Gasteiger partial charge in [0, 0.05) is 28.9 Å². The number of carbonyl (C=O) groups is 2. The SMILES string of the molecule is Nc1cccc(C(=O)c2ccc3c(c2)CCCC(=O)N3)c1. The molecule has 1 heterocycles. The van der Waals surface area contributed by atoms with Crippen molar-refractivity contribution in [2.24, 2.45) is 0 Å². The predicted octanol–water partition coefficient (Wildman–Crippen LogP) is 2.77. The standard InChI is InChI=1S/C17H16N2O2/c18-14-5-1-4-12(10-14)17(21)13-7-8-15-11(9-13)3-2-6-16(20)19-15/h1,4-5,7-10H,2-3,6,18H2,(H,19,20). The minimum absolute atomic E-state index is 0.0312. The van der Waals surface area contributed by atoms with Gasteiger partial charge in [0.25, 0.3) is 0 Å². The highest BCUT2D eigenvalue weighted by atomic mass is 16.1. The van der Waals surface area contributed by atoms with E-state index in [1.54, 1.807) is 36.4 Å². The van der Waals surface area contributed by atoms with Crippen molar-refractivity contribution in [3.05, 3.63) is 59.2 Å². The zero-order valence-corrected chi connectivity index (χ0v) is 11.6. The molecule has 1 aliphatic rings. The second-order valence-electron chi connectivity index (χ2n) is 5.23. The first-order valence-corrected chi connectivity index (χ1v) is 6.96. The quantitative estimate of drug-likeness (QED) is 0.656. The van der Waals surface area contributed by atoms with Crippen molar-refractivity contribution in [3.8, 4) is 0 Å². The summed E-state index contributed by atoms with van der Waals surface area (Å²) in [6.45, 7) is 0. The summed E-state index contributed by atoms with van der Waals surface area (Å²) in [5.74, 6) is -0.0238. The first-order valence-electron chi connectivity index (χ1n) is 6.96. The second-order valence-corrected chi connectivity index (χ2v) is 5.23. The molecule has 0 saturated heterocycles. The lowest BCUT2D eigenvalue weighted by Crippen LogP contribution is -2.09. The molecule has 1 amide bonds. The molecular weight excluding hydrogens is 264 g/mol. The van der Waals surface area contributed by atoms with Crippen molar-refractivity contribution < 1.29 is 9.59 Å². The molecule has 0 spiro atoms. The minimum Gasteiger partial charge on any atom is -0.399 e. The number of aryl methyl sites for hydroxylation is 1. The van der Waals surface area contributed by atoms with E-state index in [1.165, 1.54) is 0 Å². The molecule has 4 nitrogen and oxygen atoms in total. The van der Waals surface area contributed by atoms with E-state index in [2.05, 4.69) is 5.32 Å². The van der Waals surface area contributed by atoms with Crippen molar-refractivity contribution >= 4 is 23.1 Å². The number of rotatable bonds is 2. The van der Waals surface area contributed by atoms with E-state index in [1.807, 2.05) is 6.07 Å². The van der Waals surface area contributed by atoms with Gasteiger partial charge in [-0.2, -0.15) is 0 Å². The number of nitrogen functional groups attached to an aromatic ring is 1. The minimum atomic E-state index is -0.0549. The molecule has 0 saturated carbocycles. The largest absolute Gasteiger partial charge is 0.399 e. The molecule has 0 aromatic heterocycles. The van der Waals surface area contributed by atoms with Gasteiger partial charge in [-0.3, -0.25) is 9.59 Å². The highest BCUT2D eigenvalue weighted by Crippen LogP contribution is 2.24. The Kier molecular flexibility index (Phi) is 3.44. The van der Waals surface area contributed by atoms with Gasteiger partial charge in [-0.1, -0.05) is 12.1 Å². The fourth-order valence-corrected chi connectivity index (χ4v) is 2.56. The molecule has 0 unspecified atom stereocenters. The van der Waals surface area contributed by atoms with Crippen molar-refractivity contribution in [1.29, 1.82) is 0 Å². The number of ketones is 1. The molecule has 0 fully saturated rings. The number of fused-ring (bicyclic) bond motifs is 1. The predicted molar refractivity (Wildman–Crippen MR) is 82.3 cm³/mol. The van der Waals surface area contributed by atoms with Crippen LogP contribution in [0.15, 0.2) is 42.5 Å². The zero-order valence-electron chi connectivity index (χ0n) is 11.6. The Balaban J connectivity index is 1.95. The van der Waals surface area contributed by atoms with Crippen molar-refractivity contribution in [2.45, 2.75) is 19.3 Å². The Morgan fingerprint density at radius 3 is 2.67 bits per heavy atom. The maximum Gasteiger partial charge on any atom is 0.224 e. The molecule has 0 bridgehead atoms. The highest BCUT2D eigenvalue weighted by Gasteiger charge is 2.16. The van der Waals surface area contributed by atoms with Crippen LogP contribution >= 0.6 is 0 Å². The topological polar surface area (TPSA) is 72.2 Å². The third-order valence-corrected chi connectivity index (χ3v) is 3.64. The summed E-state index contributed by atoms with van der Waals surface area (Å²) in [5, 5.41) is 2.87. The van der Waals surface area contributed by atoms with Crippen LogP contribution in [0, 0.1) is 0 Å². The van der Waals surface area contributed by atoms with Crippen LogP contribution < -0.4 is 11.1 Å². The van der Waals surface area contributed by atoms with Crippen LogP contribution in [0.1, 0.15) is 34.3 Å². The number of nitrogens with two attached hydrogens (primary N) is 1. The van der Waals surface area contributed by atoms with Crippen LogP contribution in [0.5, 0.6) is 0 Å². The van der Waals surface area contributed by atoms with Crippen molar-refractivity contribution in [3.63, 3.8) is 0 Å². The summed E-state index contributed by atoms with van der Waals surface area (Å²) >= 11 is 0. The number of carbonyl (C=O) groups excluding carboxylic acids is 2. The van der Waals surface area contributed by atoms with Gasteiger partial charge in [-0.25, -0.2) is 0 Å². The second kappa shape index (κ2) is 5.40. The van der Waals surface area contributed by atoms with E-state index in [0.717, 1.165) is 24.1 Å². The molecule has 0 aliphatic carbocycles. The smallest absolute Gasteiger partial charge is 0.224 e. The molecule has 106 valence electrons. The first kappa shape index (κ1) is 13.4. The number of hydrogen-bond donors (Lipinski definition) is 2. The van der Waals surface area contributed by atoms with Gasteiger partial charge < -0.3 is 11.1 Å². The number of anilines is 2. The number of hydrogen-bond acceptors (Lipinski definition) is 3. The number of benzene rings is 2. The maximum absolute atomic E-state index is 12.5. The molecule has 0 atom stereocenters. The summed E-state index contributed by atoms with van der Waals surface area (Å²) < 4.78 is 0. The van der Waals surface area contributed by atoms with Gasteiger partial charge >= 0.3 is 0 Å². The van der Waals surface area contributed by atoms with Crippen molar-refractivity contribution in [2.75, 3.05) is 11.1 Å². The van der Waals surface area contributed by atoms with Crippen LogP contribution in [-0.4, -0.2) is 11.7 Å². The van der Waals surface area contributed by atoms with Crippen LogP contribution in [-0.2, 0) is 11.2 Å². The molecule has 3 N–H and O–H groups in total. The number of amides is 1. The molecule has 4 heteroatoms. The third kappa shape index (κ3) is 2.79. The molecule has 21 heavy (non-hydrogen) atoms. The van der Waals surface area contributed by atoms with E-state index in [-0.39, 0.29) is 11.7 Å². The summed E-state index contributed by atoms with van der Waals surface area (Å²) in [5.41, 5.74) is 9.31. The average Bonchev–Trinajstić information content (AvgIpc) is 2.66. The molecule has 2 aromatic carbocycles. The zero-order chi connectivity index (χ0) is 14.8. The maximum atomic E-state index is 12.5. The van der Waals surface area contributed by atoms with Crippen LogP contribution in [0.4, 0.5) is 11.4 Å². The lowest BCUT2D eigenvalue weighted by Gasteiger charge is -2.09. The van der Waals surface area contributed by atoms with E-state index in [4.69, 9.17) is 5.73 Å². The van der Waals surface area contributed by atoms with E-state index in [0.29, 0.717) is 23.2 Å². The molecule has 3 rings (SSSR count). The number of nitrogens with one attached hydrogen (secondary N) is 1. The van der Waals surface area contributed by atoms with Gasteiger partial charge in [0.2, 0.25) is 5.91 Å². The Bertz CT molecular complexity index is 722. The normalized spacial score (nSPS) is 14.0. The van der Waals surface area contributed by atoms with Crippen LogP contribution in [0.2, 0.25) is 0 Å². The van der Waals surface area contributed by atoms with Gasteiger partial charge in [-0.15, -0.1) is 0 Å². The molecular formula is C17H16N2O2. The lowest BCUT2D eigenvalue weighted by atomic mass is 9.98. The Hall–Kier alpha value is -2.62. The van der Waals surface area contributed by atoms with E-state index in [9.17, 15) is 9.59 Å². The van der Waals surface area contributed by atoms with Gasteiger partial charge in [0.15, 0.2) is 5.78 Å². The summed E-state index contributed by atoms with van der Waals surface area (Å²) in [6, 6.07) is 12.4. The Morgan fingerprint density at radius 1 is 1.05 bits per heavy atom. The van der Waals surface area contributed by atoms with Crippen LogP contribution in [0.25, 0.3) is 0 Å². The van der Waals surface area contributed by atoms with Crippen LogP contribution in [0.3, 0.4) is 0 Å². The van der Waals surface area contributed by atoms with Gasteiger partial charge in [0.1, 0.15) is 0 Å². The summed E-state index contributed by atoms with van der Waals surface area (Å²) in [7, 11) is 0. The lowest BCUT2D eigenvalue weighted by molar-refractivity contribution is -0.116. The Labute approximate surface area is 123 Å². The Morgan fingerprint density at radius 2 is 1.86 bits per heavy atom. The fraction of sp³-hybridized carbons (Fsp3) is 0.176. The molecule has 2 aromatic rings. The first-order chi connectivity index (χ1) is 10.1. The highest BCUT2D eigenvalue weighted by molar-refractivity contribution is 6.10.